The first-order valence-corrected chi connectivity index (χ1v) is 4.24. The van der Waals surface area contributed by atoms with Gasteiger partial charge in [-0.05, 0) is 0 Å². The molecule has 0 radical (unpaired) electrons. The minimum absolute atomic E-state index is 1.03. The highest BCUT2D eigenvalue weighted by molar-refractivity contribution is 5.94. The number of benzene rings is 1. The Morgan fingerprint density at radius 1 is 1.23 bits per heavy atom. The molecule has 64 valence electrons. The van der Waals surface area contributed by atoms with Gasteiger partial charge in [0, 0.05) is 24.0 Å². The lowest BCUT2D eigenvalue weighted by atomic mass is 10.2. The van der Waals surface area contributed by atoms with Crippen LogP contribution in [0.3, 0.4) is 0 Å². The standard InChI is InChI=1S/C10H9N3/c1-12-7-11-10-9-5-3-2-4-8(9)6-13(10)12/h2-7H,1H3. The van der Waals surface area contributed by atoms with Gasteiger partial charge in [-0.25, -0.2) is 9.50 Å². The van der Waals surface area contributed by atoms with Crippen LogP contribution < -0.4 is 0 Å². The molecule has 3 rings (SSSR count). The highest BCUT2D eigenvalue weighted by Gasteiger charge is 2.04. The molecule has 2 heterocycles. The second-order valence-corrected chi connectivity index (χ2v) is 3.20. The molecule has 0 saturated carbocycles. The molecule has 2 aromatic heterocycles. The van der Waals surface area contributed by atoms with E-state index >= 15 is 0 Å². The van der Waals surface area contributed by atoms with E-state index in [4.69, 9.17) is 0 Å². The smallest absolute Gasteiger partial charge is 0.161 e. The van der Waals surface area contributed by atoms with Crippen LogP contribution in [0.25, 0.3) is 16.4 Å². The zero-order valence-corrected chi connectivity index (χ0v) is 7.31. The van der Waals surface area contributed by atoms with Gasteiger partial charge in [-0.15, -0.1) is 0 Å². The van der Waals surface area contributed by atoms with Crippen molar-refractivity contribution in [2.75, 3.05) is 0 Å². The molecule has 3 heteroatoms. The summed E-state index contributed by atoms with van der Waals surface area (Å²) in [6.07, 6.45) is 3.92. The largest absolute Gasteiger partial charge is 0.272 e. The van der Waals surface area contributed by atoms with Crippen molar-refractivity contribution in [3.8, 4) is 0 Å². The highest BCUT2D eigenvalue weighted by atomic mass is 15.4. The molecule has 0 spiro atoms. The summed E-state index contributed by atoms with van der Waals surface area (Å²) in [5, 5.41) is 2.45. The molecule has 13 heavy (non-hydrogen) atoms. The monoisotopic (exact) mass is 171 g/mol. The molecule has 0 N–H and O–H groups in total. The number of rotatable bonds is 0. The molecule has 0 aliphatic heterocycles. The van der Waals surface area contributed by atoms with Gasteiger partial charge in [-0.1, -0.05) is 24.3 Å². The second kappa shape index (κ2) is 2.13. The Bertz CT molecular complexity index is 574. The fourth-order valence-corrected chi connectivity index (χ4v) is 1.69. The second-order valence-electron chi connectivity index (χ2n) is 3.20. The predicted molar refractivity (Wildman–Crippen MR) is 51.7 cm³/mol. The van der Waals surface area contributed by atoms with E-state index in [1.807, 2.05) is 34.7 Å². The topological polar surface area (TPSA) is 22.2 Å². The van der Waals surface area contributed by atoms with E-state index in [1.165, 1.54) is 10.8 Å². The van der Waals surface area contributed by atoms with Gasteiger partial charge in [0.05, 0.1) is 0 Å². The van der Waals surface area contributed by atoms with Crippen molar-refractivity contribution >= 4 is 16.4 Å². The number of fused-ring (bicyclic) bond motifs is 3. The Morgan fingerprint density at radius 2 is 2.08 bits per heavy atom. The highest BCUT2D eigenvalue weighted by Crippen LogP contribution is 2.19. The van der Waals surface area contributed by atoms with Gasteiger partial charge in [0.2, 0.25) is 0 Å². The summed E-state index contributed by atoms with van der Waals surface area (Å²) in [4.78, 5) is 4.33. The number of aromatic nitrogens is 3. The summed E-state index contributed by atoms with van der Waals surface area (Å²) in [5.74, 6) is 0. The first-order valence-electron chi connectivity index (χ1n) is 4.24. The first kappa shape index (κ1) is 6.71. The molecule has 0 bridgehead atoms. The van der Waals surface area contributed by atoms with Crippen LogP contribution in [0.5, 0.6) is 0 Å². The minimum Gasteiger partial charge on any atom is -0.272 e. The molecule has 3 aromatic rings. The van der Waals surface area contributed by atoms with E-state index < -0.39 is 0 Å². The zero-order chi connectivity index (χ0) is 8.84. The summed E-state index contributed by atoms with van der Waals surface area (Å²) in [7, 11) is 1.98. The van der Waals surface area contributed by atoms with E-state index in [0.717, 1.165) is 5.65 Å². The zero-order valence-electron chi connectivity index (χ0n) is 7.31. The van der Waals surface area contributed by atoms with E-state index in [-0.39, 0.29) is 0 Å². The lowest BCUT2D eigenvalue weighted by molar-refractivity contribution is 0.709. The van der Waals surface area contributed by atoms with Gasteiger partial charge in [0.25, 0.3) is 0 Å². The van der Waals surface area contributed by atoms with Crippen LogP contribution in [0.15, 0.2) is 36.8 Å². The van der Waals surface area contributed by atoms with Crippen molar-refractivity contribution < 1.29 is 0 Å². The molecule has 0 fully saturated rings. The van der Waals surface area contributed by atoms with Crippen molar-refractivity contribution in [1.29, 1.82) is 0 Å². The Kier molecular flexibility index (Phi) is 1.10. The van der Waals surface area contributed by atoms with Crippen molar-refractivity contribution in [1.82, 2.24) is 14.2 Å². The predicted octanol–water partition coefficient (Wildman–Crippen LogP) is 1.83. The third kappa shape index (κ3) is 0.758. The third-order valence-electron chi connectivity index (χ3n) is 2.37. The Morgan fingerprint density at radius 3 is 3.00 bits per heavy atom. The third-order valence-corrected chi connectivity index (χ3v) is 2.37. The van der Waals surface area contributed by atoms with Crippen molar-refractivity contribution in [2.45, 2.75) is 0 Å². The number of hydrogen-bond donors (Lipinski definition) is 0. The van der Waals surface area contributed by atoms with Crippen LogP contribution in [0, 0.1) is 0 Å². The molecular weight excluding hydrogens is 162 g/mol. The molecule has 1 aromatic carbocycles. The fourth-order valence-electron chi connectivity index (χ4n) is 1.69. The quantitative estimate of drug-likeness (QED) is 0.505. The lowest BCUT2D eigenvalue weighted by Gasteiger charge is -1.89. The average molecular weight is 171 g/mol. The molecule has 0 amide bonds. The van der Waals surface area contributed by atoms with Gasteiger partial charge < -0.3 is 0 Å². The van der Waals surface area contributed by atoms with Crippen molar-refractivity contribution in [3.63, 3.8) is 0 Å². The molecule has 3 nitrogen and oxygen atoms in total. The Labute approximate surface area is 75.2 Å². The molecule has 0 aliphatic rings. The van der Waals surface area contributed by atoms with E-state index in [2.05, 4.69) is 23.3 Å². The summed E-state index contributed by atoms with van der Waals surface area (Å²) in [5.41, 5.74) is 1.03. The van der Waals surface area contributed by atoms with Crippen LogP contribution in [0.2, 0.25) is 0 Å². The van der Waals surface area contributed by atoms with Gasteiger partial charge in [0.15, 0.2) is 5.65 Å². The maximum absolute atomic E-state index is 4.33. The fraction of sp³-hybridized carbons (Fsp3) is 0.100. The maximum atomic E-state index is 4.33. The number of nitrogens with zero attached hydrogens (tertiary/aromatic N) is 3. The van der Waals surface area contributed by atoms with E-state index in [0.29, 0.717) is 0 Å². The summed E-state index contributed by atoms with van der Waals surface area (Å²) >= 11 is 0. The van der Waals surface area contributed by atoms with Crippen LogP contribution in [0.1, 0.15) is 0 Å². The Balaban J connectivity index is 2.64. The first-order chi connectivity index (χ1) is 6.36. The van der Waals surface area contributed by atoms with Gasteiger partial charge >= 0.3 is 0 Å². The SMILES string of the molecule is Cn1cnc2c3ccccc3cn21. The van der Waals surface area contributed by atoms with Crippen molar-refractivity contribution in [2.24, 2.45) is 7.05 Å². The molecule has 0 atom stereocenters. The molecule has 0 unspecified atom stereocenters. The van der Waals surface area contributed by atoms with Crippen LogP contribution in [-0.2, 0) is 7.05 Å². The lowest BCUT2D eigenvalue weighted by Crippen LogP contribution is -1.93. The minimum atomic E-state index is 1.03. The molecule has 0 saturated heterocycles. The van der Waals surface area contributed by atoms with Gasteiger partial charge in [-0.3, -0.25) is 4.68 Å². The normalized spacial score (nSPS) is 11.5. The molecule has 0 aliphatic carbocycles. The summed E-state index contributed by atoms with van der Waals surface area (Å²) < 4.78 is 4.01. The van der Waals surface area contributed by atoms with Crippen LogP contribution in [0.4, 0.5) is 0 Å². The molecular formula is C10H9N3. The summed E-state index contributed by atoms with van der Waals surface area (Å²) in [6, 6.07) is 8.28. The summed E-state index contributed by atoms with van der Waals surface area (Å²) in [6.45, 7) is 0. The van der Waals surface area contributed by atoms with Gasteiger partial charge in [0.1, 0.15) is 6.33 Å². The average Bonchev–Trinajstić information content (AvgIpc) is 2.67. The number of aryl methyl sites for hydroxylation is 1. The van der Waals surface area contributed by atoms with E-state index in [9.17, 15) is 0 Å². The van der Waals surface area contributed by atoms with E-state index in [1.54, 1.807) is 0 Å². The Hall–Kier alpha value is -1.77. The van der Waals surface area contributed by atoms with Crippen LogP contribution in [-0.4, -0.2) is 14.2 Å². The van der Waals surface area contributed by atoms with Crippen molar-refractivity contribution in [3.05, 3.63) is 36.8 Å². The van der Waals surface area contributed by atoms with Crippen LogP contribution >= 0.6 is 0 Å². The van der Waals surface area contributed by atoms with Gasteiger partial charge in [-0.2, -0.15) is 0 Å². The maximum Gasteiger partial charge on any atom is 0.161 e. The number of hydrogen-bond acceptors (Lipinski definition) is 1.